The fourth-order valence-corrected chi connectivity index (χ4v) is 3.39. The maximum Gasteiger partial charge on any atom is 0.304 e. The number of aromatic amines is 1. The van der Waals surface area contributed by atoms with E-state index in [1.54, 1.807) is 0 Å². The van der Waals surface area contributed by atoms with Gasteiger partial charge in [0, 0.05) is 23.7 Å². The Morgan fingerprint density at radius 1 is 1.56 bits per heavy atom. The predicted molar refractivity (Wildman–Crippen MR) is 67.7 cm³/mol. The van der Waals surface area contributed by atoms with Crippen molar-refractivity contribution in [3.63, 3.8) is 0 Å². The summed E-state index contributed by atoms with van der Waals surface area (Å²) in [7, 11) is 0. The normalized spacial score (nSPS) is 28.4. The Morgan fingerprint density at radius 2 is 2.31 bits per heavy atom. The van der Waals surface area contributed by atoms with Crippen LogP contribution in [-0.2, 0) is 6.54 Å². The number of H-pyrrole nitrogens is 1. The Morgan fingerprint density at radius 3 is 2.81 bits per heavy atom. The van der Waals surface area contributed by atoms with E-state index >= 15 is 0 Å². The van der Waals surface area contributed by atoms with Crippen molar-refractivity contribution in [2.24, 2.45) is 11.3 Å². The van der Waals surface area contributed by atoms with E-state index in [-0.39, 0.29) is 4.87 Å². The number of rotatable bonds is 3. The molecule has 1 saturated carbocycles. The molecule has 0 saturated heterocycles. The molecule has 0 aromatic carbocycles. The summed E-state index contributed by atoms with van der Waals surface area (Å²) in [5, 5.41) is 5.46. The highest BCUT2D eigenvalue weighted by atomic mass is 32.1. The van der Waals surface area contributed by atoms with E-state index in [0.717, 1.165) is 18.2 Å². The third kappa shape index (κ3) is 2.74. The third-order valence-corrected chi connectivity index (χ3v) is 4.18. The lowest BCUT2D eigenvalue weighted by Gasteiger charge is -2.18. The van der Waals surface area contributed by atoms with Crippen LogP contribution < -0.4 is 10.2 Å². The lowest BCUT2D eigenvalue weighted by atomic mass is 9.91. The number of hydrogen-bond acceptors (Lipinski definition) is 3. The van der Waals surface area contributed by atoms with Crippen molar-refractivity contribution in [3.8, 4) is 0 Å². The molecule has 0 amide bonds. The van der Waals surface area contributed by atoms with Gasteiger partial charge in [0.25, 0.3) is 0 Å². The molecular weight excluding hydrogens is 220 g/mol. The minimum atomic E-state index is 0.0385. The van der Waals surface area contributed by atoms with Crippen molar-refractivity contribution in [3.05, 3.63) is 20.7 Å². The molecule has 1 aromatic heterocycles. The Kier molecular flexibility index (Phi) is 3.22. The van der Waals surface area contributed by atoms with Gasteiger partial charge in [-0.15, -0.1) is 0 Å². The van der Waals surface area contributed by atoms with Crippen molar-refractivity contribution in [2.75, 3.05) is 0 Å². The monoisotopic (exact) mass is 240 g/mol. The minimum Gasteiger partial charge on any atom is -0.315 e. The molecule has 0 aliphatic heterocycles. The second kappa shape index (κ2) is 4.34. The van der Waals surface area contributed by atoms with Gasteiger partial charge in [-0.25, -0.2) is 0 Å². The Labute approximate surface area is 100 Å². The first-order valence-corrected chi connectivity index (χ1v) is 6.74. The smallest absolute Gasteiger partial charge is 0.304 e. The predicted octanol–water partition coefficient (Wildman–Crippen LogP) is 2.35. The molecule has 1 aliphatic carbocycles. The summed E-state index contributed by atoms with van der Waals surface area (Å²) >= 11 is 1.24. The van der Waals surface area contributed by atoms with Crippen LogP contribution in [0.15, 0.2) is 10.2 Å². The third-order valence-electron chi connectivity index (χ3n) is 3.46. The largest absolute Gasteiger partial charge is 0.315 e. The molecule has 2 unspecified atom stereocenters. The van der Waals surface area contributed by atoms with Gasteiger partial charge < -0.3 is 10.3 Å². The van der Waals surface area contributed by atoms with E-state index in [9.17, 15) is 4.79 Å². The Balaban J connectivity index is 1.89. The van der Waals surface area contributed by atoms with Crippen molar-refractivity contribution < 1.29 is 0 Å². The molecule has 1 heterocycles. The van der Waals surface area contributed by atoms with Crippen molar-refractivity contribution in [2.45, 2.75) is 46.2 Å². The van der Waals surface area contributed by atoms with Crippen molar-refractivity contribution in [1.29, 1.82) is 0 Å². The first-order valence-electron chi connectivity index (χ1n) is 5.86. The van der Waals surface area contributed by atoms with Gasteiger partial charge in [0.05, 0.1) is 0 Å². The molecule has 0 spiro atoms. The van der Waals surface area contributed by atoms with Crippen LogP contribution in [0.3, 0.4) is 0 Å². The van der Waals surface area contributed by atoms with E-state index in [0.29, 0.717) is 11.5 Å². The number of aromatic nitrogens is 1. The highest BCUT2D eigenvalue weighted by Crippen LogP contribution is 2.40. The molecule has 2 rings (SSSR count). The van der Waals surface area contributed by atoms with Crippen molar-refractivity contribution in [1.82, 2.24) is 10.3 Å². The SMILES string of the molecule is CC1CC(C)(C)CC1NCc1csc(=O)[nH]1. The van der Waals surface area contributed by atoms with Gasteiger partial charge >= 0.3 is 4.87 Å². The average molecular weight is 240 g/mol. The summed E-state index contributed by atoms with van der Waals surface area (Å²) in [5.41, 5.74) is 1.46. The van der Waals surface area contributed by atoms with E-state index < -0.39 is 0 Å². The molecule has 3 nitrogen and oxygen atoms in total. The fourth-order valence-electron chi connectivity index (χ4n) is 2.81. The van der Waals surface area contributed by atoms with Crippen LogP contribution in [0.2, 0.25) is 0 Å². The first kappa shape index (κ1) is 11.9. The lowest BCUT2D eigenvalue weighted by Crippen LogP contribution is -2.31. The van der Waals surface area contributed by atoms with Crippen LogP contribution in [0.5, 0.6) is 0 Å². The molecule has 1 aliphatic rings. The summed E-state index contributed by atoms with van der Waals surface area (Å²) in [6.07, 6.45) is 2.51. The minimum absolute atomic E-state index is 0.0385. The standard InChI is InChI=1S/C12H20N2OS/c1-8-4-12(2,3)5-10(8)13-6-9-7-16-11(15)14-9/h7-8,10,13H,4-6H2,1-3H3,(H,14,15). The molecule has 0 radical (unpaired) electrons. The zero-order valence-corrected chi connectivity index (χ0v) is 11.0. The van der Waals surface area contributed by atoms with E-state index in [1.807, 2.05) is 5.38 Å². The van der Waals surface area contributed by atoms with Gasteiger partial charge in [0.15, 0.2) is 0 Å². The molecule has 0 bridgehead atoms. The van der Waals surface area contributed by atoms with Gasteiger partial charge in [-0.2, -0.15) is 0 Å². The number of nitrogens with one attached hydrogen (secondary N) is 2. The van der Waals surface area contributed by atoms with Crippen LogP contribution >= 0.6 is 11.3 Å². The maximum atomic E-state index is 11.0. The van der Waals surface area contributed by atoms with Gasteiger partial charge in [-0.05, 0) is 24.2 Å². The second-order valence-corrected chi connectivity index (χ2v) is 6.55. The van der Waals surface area contributed by atoms with Gasteiger partial charge in [0.2, 0.25) is 0 Å². The summed E-state index contributed by atoms with van der Waals surface area (Å²) in [6, 6.07) is 0.582. The topological polar surface area (TPSA) is 44.9 Å². The zero-order chi connectivity index (χ0) is 11.8. The van der Waals surface area contributed by atoms with Gasteiger partial charge in [-0.3, -0.25) is 4.79 Å². The second-order valence-electron chi connectivity index (χ2n) is 5.71. The average Bonchev–Trinajstić information content (AvgIpc) is 2.67. The van der Waals surface area contributed by atoms with E-state index in [2.05, 4.69) is 31.1 Å². The fraction of sp³-hybridized carbons (Fsp3) is 0.750. The van der Waals surface area contributed by atoms with Crippen LogP contribution in [0, 0.1) is 11.3 Å². The van der Waals surface area contributed by atoms with Crippen molar-refractivity contribution >= 4 is 11.3 Å². The Bertz CT molecular complexity index is 407. The van der Waals surface area contributed by atoms with Crippen LogP contribution in [-0.4, -0.2) is 11.0 Å². The first-order chi connectivity index (χ1) is 7.46. The van der Waals surface area contributed by atoms with E-state index in [4.69, 9.17) is 0 Å². The quantitative estimate of drug-likeness (QED) is 0.852. The summed E-state index contributed by atoms with van der Waals surface area (Å²) < 4.78 is 0. The molecule has 90 valence electrons. The van der Waals surface area contributed by atoms with Crippen LogP contribution in [0.1, 0.15) is 39.3 Å². The highest BCUT2D eigenvalue weighted by Gasteiger charge is 2.36. The molecule has 4 heteroatoms. The van der Waals surface area contributed by atoms with Gasteiger partial charge in [0.1, 0.15) is 0 Å². The summed E-state index contributed by atoms with van der Waals surface area (Å²) in [5.74, 6) is 0.723. The molecule has 2 atom stereocenters. The summed E-state index contributed by atoms with van der Waals surface area (Å²) in [4.78, 5) is 13.9. The number of hydrogen-bond donors (Lipinski definition) is 2. The molecule has 1 fully saturated rings. The zero-order valence-electron chi connectivity index (χ0n) is 10.2. The highest BCUT2D eigenvalue weighted by molar-refractivity contribution is 7.07. The Hall–Kier alpha value is -0.610. The molecular formula is C12H20N2OS. The molecule has 16 heavy (non-hydrogen) atoms. The molecule has 1 aromatic rings. The van der Waals surface area contributed by atoms with Crippen LogP contribution in [0.25, 0.3) is 0 Å². The lowest BCUT2D eigenvalue weighted by molar-refractivity contribution is 0.362. The van der Waals surface area contributed by atoms with E-state index in [1.165, 1.54) is 24.2 Å². The van der Waals surface area contributed by atoms with Gasteiger partial charge in [-0.1, -0.05) is 32.1 Å². The maximum absolute atomic E-state index is 11.0. The summed E-state index contributed by atoms with van der Waals surface area (Å²) in [6.45, 7) is 7.75. The number of thiazole rings is 1. The van der Waals surface area contributed by atoms with Crippen LogP contribution in [0.4, 0.5) is 0 Å². The molecule has 2 N–H and O–H groups in total.